The van der Waals surface area contributed by atoms with E-state index in [1.54, 1.807) is 0 Å². The van der Waals surface area contributed by atoms with Crippen LogP contribution in [0.3, 0.4) is 0 Å². The van der Waals surface area contributed by atoms with E-state index < -0.39 is 0 Å². The van der Waals surface area contributed by atoms with Gasteiger partial charge in [0.1, 0.15) is 0 Å². The van der Waals surface area contributed by atoms with Gasteiger partial charge >= 0.3 is 0 Å². The van der Waals surface area contributed by atoms with Crippen LogP contribution in [0.5, 0.6) is 0 Å². The second kappa shape index (κ2) is 8.37. The lowest BCUT2D eigenvalue weighted by Crippen LogP contribution is -2.32. The molecule has 0 spiro atoms. The fraction of sp³-hybridized carbons (Fsp3) is 0.667. The number of benzene rings is 1. The largest absolute Gasteiger partial charge is 0.314 e. The topological polar surface area (TPSA) is 12.0 Å². The highest BCUT2D eigenvalue weighted by Gasteiger charge is 2.11. The van der Waals surface area contributed by atoms with Crippen LogP contribution in [0.1, 0.15) is 56.7 Å². The van der Waals surface area contributed by atoms with Gasteiger partial charge in [0.15, 0.2) is 0 Å². The molecule has 0 saturated heterocycles. The van der Waals surface area contributed by atoms with Gasteiger partial charge < -0.3 is 5.32 Å². The van der Waals surface area contributed by atoms with Crippen molar-refractivity contribution in [1.29, 1.82) is 0 Å². The molecule has 1 nitrogen and oxygen atoms in total. The molecule has 0 aromatic heterocycles. The maximum Gasteiger partial charge on any atom is 0.0108 e. The van der Waals surface area contributed by atoms with Gasteiger partial charge in [0.2, 0.25) is 0 Å². The van der Waals surface area contributed by atoms with Crippen LogP contribution in [0, 0.1) is 19.8 Å². The molecule has 0 fully saturated rings. The molecule has 1 N–H and O–H groups in total. The summed E-state index contributed by atoms with van der Waals surface area (Å²) in [6, 6.07) is 7.44. The third-order valence-electron chi connectivity index (χ3n) is 3.75. The predicted octanol–water partition coefficient (Wildman–Crippen LogP) is 4.65. The van der Waals surface area contributed by atoms with Gasteiger partial charge in [-0.05, 0) is 63.1 Å². The minimum Gasteiger partial charge on any atom is -0.314 e. The first-order valence-corrected chi connectivity index (χ1v) is 7.82. The van der Waals surface area contributed by atoms with Crippen molar-refractivity contribution in [3.8, 4) is 0 Å². The third kappa shape index (κ3) is 6.24. The van der Waals surface area contributed by atoms with Crippen LogP contribution in [0.4, 0.5) is 0 Å². The van der Waals surface area contributed by atoms with Crippen LogP contribution in [-0.4, -0.2) is 12.6 Å². The van der Waals surface area contributed by atoms with Crippen LogP contribution in [0.15, 0.2) is 18.2 Å². The number of nitrogens with one attached hydrogen (secondary N) is 1. The molecule has 1 aromatic carbocycles. The van der Waals surface area contributed by atoms with E-state index >= 15 is 0 Å². The summed E-state index contributed by atoms with van der Waals surface area (Å²) in [6.45, 7) is 12.4. The van der Waals surface area contributed by atoms with E-state index in [2.05, 4.69) is 58.1 Å². The Morgan fingerprint density at radius 3 is 2.47 bits per heavy atom. The Kier molecular flexibility index (Phi) is 7.15. The molecule has 0 aliphatic heterocycles. The van der Waals surface area contributed by atoms with Crippen molar-refractivity contribution in [2.24, 2.45) is 5.92 Å². The van der Waals surface area contributed by atoms with Crippen molar-refractivity contribution >= 4 is 0 Å². The van der Waals surface area contributed by atoms with Gasteiger partial charge in [-0.2, -0.15) is 0 Å². The van der Waals surface area contributed by atoms with Gasteiger partial charge in [0.05, 0.1) is 0 Å². The molecule has 0 aliphatic rings. The molecule has 19 heavy (non-hydrogen) atoms. The lowest BCUT2D eigenvalue weighted by atomic mass is 9.94. The van der Waals surface area contributed by atoms with E-state index in [-0.39, 0.29) is 0 Å². The highest BCUT2D eigenvalue weighted by molar-refractivity contribution is 5.31. The average Bonchev–Trinajstić information content (AvgIpc) is 2.36. The van der Waals surface area contributed by atoms with Gasteiger partial charge in [0.25, 0.3) is 0 Å². The normalized spacial score (nSPS) is 12.9. The Morgan fingerprint density at radius 1 is 1.11 bits per heavy atom. The summed E-state index contributed by atoms with van der Waals surface area (Å²) in [7, 11) is 0. The first-order chi connectivity index (χ1) is 9.02. The number of hydrogen-bond donors (Lipinski definition) is 1. The molecule has 1 atom stereocenters. The lowest BCUT2D eigenvalue weighted by molar-refractivity contribution is 0.427. The zero-order valence-electron chi connectivity index (χ0n) is 13.4. The molecule has 0 aliphatic carbocycles. The predicted molar refractivity (Wildman–Crippen MR) is 85.8 cm³/mol. The van der Waals surface area contributed by atoms with Gasteiger partial charge in [-0.3, -0.25) is 0 Å². The molecule has 1 heteroatoms. The molecule has 1 unspecified atom stereocenters. The maximum absolute atomic E-state index is 3.72. The number of hydrogen-bond acceptors (Lipinski definition) is 1. The van der Waals surface area contributed by atoms with E-state index in [0.29, 0.717) is 6.04 Å². The summed E-state index contributed by atoms with van der Waals surface area (Å²) in [5, 5.41) is 3.72. The van der Waals surface area contributed by atoms with Gasteiger partial charge in [-0.15, -0.1) is 0 Å². The van der Waals surface area contributed by atoms with Gasteiger partial charge in [-0.1, -0.05) is 44.5 Å². The average molecular weight is 261 g/mol. The summed E-state index contributed by atoms with van der Waals surface area (Å²) < 4.78 is 0. The highest BCUT2D eigenvalue weighted by Crippen LogP contribution is 2.16. The van der Waals surface area contributed by atoms with E-state index in [1.165, 1.54) is 42.4 Å². The van der Waals surface area contributed by atoms with Crippen LogP contribution in [0.2, 0.25) is 0 Å². The van der Waals surface area contributed by atoms with Crippen LogP contribution in [0.25, 0.3) is 0 Å². The molecule has 0 amide bonds. The third-order valence-corrected chi connectivity index (χ3v) is 3.75. The Labute approximate surface area is 119 Å². The summed E-state index contributed by atoms with van der Waals surface area (Å²) in [6.07, 6.45) is 4.97. The quantitative estimate of drug-likeness (QED) is 0.718. The van der Waals surface area contributed by atoms with E-state index in [1.807, 2.05) is 0 Å². The maximum atomic E-state index is 3.72. The standard InChI is InChI=1S/C18H31N/c1-6-11-19-18(10-7-14(2)3)13-17-12-15(4)8-9-16(17)5/h8-9,12,14,18-19H,6-7,10-11,13H2,1-5H3. The smallest absolute Gasteiger partial charge is 0.0108 e. The molecule has 108 valence electrons. The second-order valence-corrected chi connectivity index (χ2v) is 6.26. The molecule has 0 radical (unpaired) electrons. The number of rotatable bonds is 8. The van der Waals surface area contributed by atoms with Gasteiger partial charge in [0, 0.05) is 6.04 Å². The monoisotopic (exact) mass is 261 g/mol. The highest BCUT2D eigenvalue weighted by atomic mass is 14.9. The molecule has 0 heterocycles. The van der Waals surface area contributed by atoms with Crippen molar-refractivity contribution < 1.29 is 0 Å². The fourth-order valence-electron chi connectivity index (χ4n) is 2.44. The van der Waals surface area contributed by atoms with E-state index in [9.17, 15) is 0 Å². The van der Waals surface area contributed by atoms with Crippen molar-refractivity contribution in [3.63, 3.8) is 0 Å². The summed E-state index contributed by atoms with van der Waals surface area (Å²) in [5.74, 6) is 0.796. The summed E-state index contributed by atoms with van der Waals surface area (Å²) in [5.41, 5.74) is 4.31. The minimum absolute atomic E-state index is 0.628. The first kappa shape index (κ1) is 16.2. The Balaban J connectivity index is 2.66. The van der Waals surface area contributed by atoms with Crippen molar-refractivity contribution in [3.05, 3.63) is 34.9 Å². The SMILES string of the molecule is CCCNC(CCC(C)C)Cc1cc(C)ccc1C. The van der Waals surface area contributed by atoms with Gasteiger partial charge in [-0.25, -0.2) is 0 Å². The Bertz CT molecular complexity index is 368. The summed E-state index contributed by atoms with van der Waals surface area (Å²) >= 11 is 0. The van der Waals surface area contributed by atoms with E-state index in [4.69, 9.17) is 0 Å². The zero-order valence-corrected chi connectivity index (χ0v) is 13.4. The molecule has 1 aromatic rings. The Hall–Kier alpha value is -0.820. The van der Waals surface area contributed by atoms with Crippen molar-refractivity contribution in [2.45, 2.75) is 66.3 Å². The van der Waals surface area contributed by atoms with Crippen LogP contribution >= 0.6 is 0 Å². The van der Waals surface area contributed by atoms with Crippen molar-refractivity contribution in [1.82, 2.24) is 5.32 Å². The summed E-state index contributed by atoms with van der Waals surface area (Å²) in [4.78, 5) is 0. The fourth-order valence-corrected chi connectivity index (χ4v) is 2.44. The van der Waals surface area contributed by atoms with Crippen molar-refractivity contribution in [2.75, 3.05) is 6.54 Å². The Morgan fingerprint density at radius 2 is 1.84 bits per heavy atom. The lowest BCUT2D eigenvalue weighted by Gasteiger charge is -2.21. The van der Waals surface area contributed by atoms with E-state index in [0.717, 1.165) is 12.5 Å². The number of aryl methyl sites for hydroxylation is 2. The molecule has 0 bridgehead atoms. The molecule has 1 rings (SSSR count). The van der Waals surface area contributed by atoms with Crippen LogP contribution in [-0.2, 0) is 6.42 Å². The molecule has 0 saturated carbocycles. The zero-order chi connectivity index (χ0) is 14.3. The second-order valence-electron chi connectivity index (χ2n) is 6.26. The molecular weight excluding hydrogens is 230 g/mol. The minimum atomic E-state index is 0.628. The first-order valence-electron chi connectivity index (χ1n) is 7.82. The molecular formula is C18H31N. The van der Waals surface area contributed by atoms with Crippen LogP contribution < -0.4 is 5.32 Å².